The summed E-state index contributed by atoms with van der Waals surface area (Å²) in [6.07, 6.45) is 2.92. The van der Waals surface area contributed by atoms with Crippen LogP contribution in [0.4, 0.5) is 0 Å². The predicted molar refractivity (Wildman–Crippen MR) is 67.9 cm³/mol. The van der Waals surface area contributed by atoms with Crippen molar-refractivity contribution in [3.8, 4) is 0 Å². The highest BCUT2D eigenvalue weighted by Gasteiger charge is 2.71. The fraction of sp³-hybridized carbons (Fsp3) is 0.800. The van der Waals surface area contributed by atoms with E-state index in [1.807, 2.05) is 0 Å². The molecule has 0 heterocycles. The molecule has 5 atom stereocenters. The third-order valence-corrected chi connectivity index (χ3v) is 6.11. The molecule has 2 fully saturated rings. The number of carbonyl (C=O) groups excluding carboxylic acids is 1. The largest absolute Gasteiger partial charge is 0.295 e. The second-order valence-corrected chi connectivity index (χ2v) is 7.19. The van der Waals surface area contributed by atoms with E-state index in [1.165, 1.54) is 0 Å². The van der Waals surface area contributed by atoms with Gasteiger partial charge in [0.2, 0.25) is 0 Å². The molecular weight excluding hydrogens is 228 g/mol. The highest BCUT2D eigenvalue weighted by atomic mass is 17.1. The smallest absolute Gasteiger partial charge is 0.156 e. The number of hydrogen-bond donors (Lipinski definition) is 1. The molecular formula is C15H22O3. The van der Waals surface area contributed by atoms with Crippen molar-refractivity contribution in [1.29, 1.82) is 0 Å². The van der Waals surface area contributed by atoms with Gasteiger partial charge in [0.25, 0.3) is 0 Å². The van der Waals surface area contributed by atoms with Crippen molar-refractivity contribution in [2.45, 2.75) is 46.6 Å². The van der Waals surface area contributed by atoms with Crippen LogP contribution in [0.1, 0.15) is 40.5 Å². The maximum Gasteiger partial charge on any atom is 0.156 e. The van der Waals surface area contributed by atoms with Gasteiger partial charge in [-0.3, -0.25) is 10.1 Å². The lowest BCUT2D eigenvalue weighted by Crippen LogP contribution is -2.44. The van der Waals surface area contributed by atoms with Gasteiger partial charge in [-0.05, 0) is 46.7 Å². The van der Waals surface area contributed by atoms with Crippen LogP contribution in [0.3, 0.4) is 0 Å². The Kier molecular flexibility index (Phi) is 2.37. The summed E-state index contributed by atoms with van der Waals surface area (Å²) >= 11 is 0. The van der Waals surface area contributed by atoms with Gasteiger partial charge >= 0.3 is 0 Å². The van der Waals surface area contributed by atoms with Crippen molar-refractivity contribution >= 4 is 5.78 Å². The number of fused-ring (bicyclic) bond motifs is 3. The summed E-state index contributed by atoms with van der Waals surface area (Å²) in [5, 5.41) is 9.17. The van der Waals surface area contributed by atoms with E-state index in [2.05, 4.69) is 27.7 Å². The van der Waals surface area contributed by atoms with E-state index in [9.17, 15) is 10.1 Å². The summed E-state index contributed by atoms with van der Waals surface area (Å²) in [5.74, 6) is 1.73. The number of allylic oxidation sites excluding steroid dienone is 1. The molecule has 3 heteroatoms. The molecule has 0 spiro atoms. The third-order valence-electron chi connectivity index (χ3n) is 6.11. The quantitative estimate of drug-likeness (QED) is 0.574. The minimum atomic E-state index is -0.287. The molecule has 0 aromatic carbocycles. The highest BCUT2D eigenvalue weighted by Crippen LogP contribution is 2.75. The van der Waals surface area contributed by atoms with Crippen LogP contribution in [-0.2, 0) is 9.68 Å². The first-order valence-electron chi connectivity index (χ1n) is 6.88. The van der Waals surface area contributed by atoms with E-state index in [0.717, 1.165) is 12.0 Å². The predicted octanol–water partition coefficient (Wildman–Crippen LogP) is 3.06. The summed E-state index contributed by atoms with van der Waals surface area (Å²) in [6.45, 7) is 9.02. The Morgan fingerprint density at radius 3 is 2.67 bits per heavy atom. The van der Waals surface area contributed by atoms with Crippen LogP contribution < -0.4 is 0 Å². The molecule has 0 radical (unpaired) electrons. The molecule has 3 aliphatic carbocycles. The van der Waals surface area contributed by atoms with Crippen molar-refractivity contribution in [2.24, 2.45) is 28.6 Å². The van der Waals surface area contributed by atoms with Crippen molar-refractivity contribution < 1.29 is 14.9 Å². The lowest BCUT2D eigenvalue weighted by Gasteiger charge is -2.46. The second-order valence-electron chi connectivity index (χ2n) is 7.19. The molecule has 0 unspecified atom stereocenters. The summed E-state index contributed by atoms with van der Waals surface area (Å²) in [4.78, 5) is 16.5. The molecule has 3 nitrogen and oxygen atoms in total. The standard InChI is InChI=1S/C15H22O3/c1-8-5-9(16)6-10-12(18-17)7-11-13(14(11,2)3)15(8,10)4/h6,8,11-13,17H,5,7H2,1-4H3/t8-,11-,12-,13+,15+/m1/s1. The van der Waals surface area contributed by atoms with Gasteiger partial charge < -0.3 is 0 Å². The van der Waals surface area contributed by atoms with Crippen molar-refractivity contribution in [3.63, 3.8) is 0 Å². The van der Waals surface area contributed by atoms with E-state index in [1.54, 1.807) is 6.08 Å². The van der Waals surface area contributed by atoms with Crippen LogP contribution in [0.5, 0.6) is 0 Å². The van der Waals surface area contributed by atoms with Crippen molar-refractivity contribution in [2.75, 3.05) is 0 Å². The Balaban J connectivity index is 2.10. The fourth-order valence-electron chi connectivity index (χ4n) is 4.94. The Bertz CT molecular complexity index is 437. The molecule has 0 aromatic rings. The zero-order valence-corrected chi connectivity index (χ0v) is 11.6. The lowest BCUT2D eigenvalue weighted by atomic mass is 9.59. The molecule has 0 saturated heterocycles. The van der Waals surface area contributed by atoms with Gasteiger partial charge in [0, 0.05) is 6.42 Å². The topological polar surface area (TPSA) is 46.5 Å². The Labute approximate surface area is 108 Å². The summed E-state index contributed by atoms with van der Waals surface area (Å²) in [6, 6.07) is 0. The number of hydrogen-bond acceptors (Lipinski definition) is 3. The molecule has 0 aliphatic heterocycles. The first kappa shape index (κ1) is 12.4. The van der Waals surface area contributed by atoms with Crippen molar-refractivity contribution in [3.05, 3.63) is 11.6 Å². The third kappa shape index (κ3) is 1.29. The zero-order valence-electron chi connectivity index (χ0n) is 11.6. The van der Waals surface area contributed by atoms with Gasteiger partial charge in [0.05, 0.1) is 0 Å². The molecule has 1 N–H and O–H groups in total. The molecule has 18 heavy (non-hydrogen) atoms. The summed E-state index contributed by atoms with van der Waals surface area (Å²) in [5.41, 5.74) is 1.34. The monoisotopic (exact) mass is 250 g/mol. The maximum atomic E-state index is 11.8. The summed E-state index contributed by atoms with van der Waals surface area (Å²) < 4.78 is 0. The molecule has 0 aromatic heterocycles. The molecule has 3 rings (SSSR count). The lowest BCUT2D eigenvalue weighted by molar-refractivity contribution is -0.277. The minimum Gasteiger partial charge on any atom is -0.295 e. The van der Waals surface area contributed by atoms with Gasteiger partial charge in [-0.15, -0.1) is 0 Å². The van der Waals surface area contributed by atoms with Crippen LogP contribution in [-0.4, -0.2) is 17.1 Å². The first-order chi connectivity index (χ1) is 8.33. The average molecular weight is 250 g/mol. The number of carbonyl (C=O) groups is 1. The second kappa shape index (κ2) is 3.45. The van der Waals surface area contributed by atoms with Gasteiger partial charge in [-0.25, -0.2) is 4.89 Å². The van der Waals surface area contributed by atoms with Gasteiger partial charge in [0.15, 0.2) is 5.78 Å². The Hall–Kier alpha value is -0.670. The van der Waals surface area contributed by atoms with Crippen LogP contribution in [0.25, 0.3) is 0 Å². The first-order valence-corrected chi connectivity index (χ1v) is 6.88. The molecule has 2 saturated carbocycles. The molecule has 0 amide bonds. The average Bonchev–Trinajstić information content (AvgIpc) is 2.84. The molecule has 100 valence electrons. The minimum absolute atomic E-state index is 0.00766. The zero-order chi connectivity index (χ0) is 13.3. The molecule has 0 bridgehead atoms. The van der Waals surface area contributed by atoms with Crippen LogP contribution >= 0.6 is 0 Å². The van der Waals surface area contributed by atoms with Crippen LogP contribution in [0.15, 0.2) is 11.6 Å². The van der Waals surface area contributed by atoms with Gasteiger partial charge in [-0.1, -0.05) is 27.7 Å². The number of ketones is 1. The Morgan fingerprint density at radius 2 is 2.06 bits per heavy atom. The van der Waals surface area contributed by atoms with E-state index in [4.69, 9.17) is 4.89 Å². The highest BCUT2D eigenvalue weighted by molar-refractivity contribution is 5.92. The number of rotatable bonds is 1. The van der Waals surface area contributed by atoms with E-state index in [0.29, 0.717) is 29.6 Å². The van der Waals surface area contributed by atoms with E-state index < -0.39 is 0 Å². The normalized spacial score (nSPS) is 49.2. The molecule has 3 aliphatic rings. The van der Waals surface area contributed by atoms with Gasteiger partial charge in [0.1, 0.15) is 6.10 Å². The van der Waals surface area contributed by atoms with Crippen LogP contribution in [0, 0.1) is 28.6 Å². The SMILES string of the molecule is C[C@@H]1CC(=O)C=C2[C@H](OO)C[C@@H]3[C@@H](C3(C)C)[C@]21C. The van der Waals surface area contributed by atoms with Gasteiger partial charge in [-0.2, -0.15) is 0 Å². The maximum absolute atomic E-state index is 11.8. The summed E-state index contributed by atoms with van der Waals surface area (Å²) in [7, 11) is 0. The Morgan fingerprint density at radius 1 is 1.39 bits per heavy atom. The van der Waals surface area contributed by atoms with Crippen LogP contribution in [0.2, 0.25) is 0 Å². The van der Waals surface area contributed by atoms with E-state index in [-0.39, 0.29) is 17.3 Å². The van der Waals surface area contributed by atoms with Crippen molar-refractivity contribution in [1.82, 2.24) is 0 Å². The fourth-order valence-corrected chi connectivity index (χ4v) is 4.94. The van der Waals surface area contributed by atoms with E-state index >= 15 is 0 Å².